The van der Waals surface area contributed by atoms with Gasteiger partial charge in [0, 0.05) is 15.2 Å². The standard InChI is InChI=1S/C18H9ClO3S/c19-13-6-1-2-7-15(13)23-14-9-8-12-16-10(14)4-3-5-11(16)17(20)22-18(12)21/h1-9H. The van der Waals surface area contributed by atoms with E-state index in [1.807, 2.05) is 36.4 Å². The first kappa shape index (κ1) is 14.3. The Morgan fingerprint density at radius 2 is 1.52 bits per heavy atom. The molecular formula is C18H9ClO3S. The molecule has 0 spiro atoms. The Morgan fingerprint density at radius 3 is 2.30 bits per heavy atom. The third-order valence-electron chi connectivity index (χ3n) is 3.68. The SMILES string of the molecule is O=C1OC(=O)c2ccc(Sc3ccccc3Cl)c3cccc1c23. The molecule has 3 aromatic carbocycles. The Bertz CT molecular complexity index is 961. The molecular weight excluding hydrogens is 332 g/mol. The van der Waals surface area contributed by atoms with Crippen LogP contribution < -0.4 is 0 Å². The van der Waals surface area contributed by atoms with Gasteiger partial charge in [-0.2, -0.15) is 0 Å². The van der Waals surface area contributed by atoms with E-state index in [-0.39, 0.29) is 0 Å². The second-order valence-corrected chi connectivity index (χ2v) is 6.54. The summed E-state index contributed by atoms with van der Waals surface area (Å²) in [6.07, 6.45) is 0. The van der Waals surface area contributed by atoms with Gasteiger partial charge in [-0.25, -0.2) is 9.59 Å². The smallest absolute Gasteiger partial charge is 0.346 e. The van der Waals surface area contributed by atoms with E-state index >= 15 is 0 Å². The van der Waals surface area contributed by atoms with Crippen LogP contribution in [0.1, 0.15) is 20.7 Å². The molecule has 23 heavy (non-hydrogen) atoms. The van der Waals surface area contributed by atoms with Crippen LogP contribution in [0.15, 0.2) is 64.4 Å². The van der Waals surface area contributed by atoms with E-state index in [9.17, 15) is 9.59 Å². The van der Waals surface area contributed by atoms with Crippen molar-refractivity contribution in [3.05, 3.63) is 70.7 Å². The van der Waals surface area contributed by atoms with Crippen molar-refractivity contribution in [2.75, 3.05) is 0 Å². The normalized spacial score (nSPS) is 13.3. The summed E-state index contributed by atoms with van der Waals surface area (Å²) in [5.74, 6) is -1.21. The zero-order valence-electron chi connectivity index (χ0n) is 11.7. The monoisotopic (exact) mass is 340 g/mol. The van der Waals surface area contributed by atoms with Crippen molar-refractivity contribution in [1.29, 1.82) is 0 Å². The van der Waals surface area contributed by atoms with Crippen molar-refractivity contribution in [3.8, 4) is 0 Å². The predicted octanol–water partition coefficient (Wildman–Crippen LogP) is 4.96. The number of carbonyl (C=O) groups excluding carboxylic acids is 2. The fraction of sp³-hybridized carbons (Fsp3) is 0. The first-order valence-electron chi connectivity index (χ1n) is 6.90. The summed E-state index contributed by atoms with van der Waals surface area (Å²) in [4.78, 5) is 25.7. The molecule has 5 heteroatoms. The van der Waals surface area contributed by atoms with Gasteiger partial charge in [0.15, 0.2) is 0 Å². The van der Waals surface area contributed by atoms with E-state index in [1.165, 1.54) is 11.8 Å². The lowest BCUT2D eigenvalue weighted by molar-refractivity contribution is 0.0391. The van der Waals surface area contributed by atoms with Crippen LogP contribution in [0.25, 0.3) is 10.8 Å². The molecule has 4 rings (SSSR count). The van der Waals surface area contributed by atoms with E-state index in [1.54, 1.807) is 18.2 Å². The summed E-state index contributed by atoms with van der Waals surface area (Å²) in [5.41, 5.74) is 0.831. The second kappa shape index (κ2) is 5.41. The molecule has 0 saturated heterocycles. The van der Waals surface area contributed by atoms with Gasteiger partial charge in [0.1, 0.15) is 0 Å². The molecule has 0 N–H and O–H groups in total. The largest absolute Gasteiger partial charge is 0.386 e. The minimum Gasteiger partial charge on any atom is -0.386 e. The van der Waals surface area contributed by atoms with E-state index < -0.39 is 11.9 Å². The lowest BCUT2D eigenvalue weighted by Gasteiger charge is -2.17. The fourth-order valence-corrected chi connectivity index (χ4v) is 3.87. The van der Waals surface area contributed by atoms with Crippen molar-refractivity contribution in [3.63, 3.8) is 0 Å². The number of hydrogen-bond donors (Lipinski definition) is 0. The Hall–Kier alpha value is -2.30. The lowest BCUT2D eigenvalue weighted by Crippen LogP contribution is -2.19. The average Bonchev–Trinajstić information content (AvgIpc) is 2.55. The molecule has 0 aromatic heterocycles. The van der Waals surface area contributed by atoms with Gasteiger partial charge in [-0.15, -0.1) is 0 Å². The molecule has 1 heterocycles. The van der Waals surface area contributed by atoms with Crippen LogP contribution in [0.3, 0.4) is 0 Å². The summed E-state index contributed by atoms with van der Waals surface area (Å²) in [6, 6.07) is 16.5. The predicted molar refractivity (Wildman–Crippen MR) is 89.3 cm³/mol. The van der Waals surface area contributed by atoms with Crippen LogP contribution in [0, 0.1) is 0 Å². The van der Waals surface area contributed by atoms with Crippen molar-refractivity contribution in [2.45, 2.75) is 9.79 Å². The van der Waals surface area contributed by atoms with Gasteiger partial charge in [-0.05, 0) is 35.7 Å². The quantitative estimate of drug-likeness (QED) is 0.488. The molecule has 112 valence electrons. The molecule has 1 aliphatic rings. The highest BCUT2D eigenvalue weighted by Crippen LogP contribution is 2.40. The summed E-state index contributed by atoms with van der Waals surface area (Å²) in [5, 5.41) is 2.15. The fourth-order valence-electron chi connectivity index (χ4n) is 2.65. The molecule has 3 aromatic rings. The van der Waals surface area contributed by atoms with Crippen LogP contribution in [0.4, 0.5) is 0 Å². The number of rotatable bonds is 2. The van der Waals surface area contributed by atoms with Gasteiger partial charge in [-0.3, -0.25) is 0 Å². The Balaban J connectivity index is 1.94. The van der Waals surface area contributed by atoms with Gasteiger partial charge in [-0.1, -0.05) is 47.6 Å². The van der Waals surface area contributed by atoms with Gasteiger partial charge in [0.2, 0.25) is 0 Å². The van der Waals surface area contributed by atoms with E-state index in [0.717, 1.165) is 15.2 Å². The molecule has 0 aliphatic carbocycles. The summed E-state index contributed by atoms with van der Waals surface area (Å²) in [6.45, 7) is 0. The first-order chi connectivity index (χ1) is 11.1. The van der Waals surface area contributed by atoms with Crippen LogP contribution in [-0.4, -0.2) is 11.9 Å². The zero-order valence-corrected chi connectivity index (χ0v) is 13.3. The minimum atomic E-state index is -0.604. The number of halogens is 1. The Morgan fingerprint density at radius 1 is 0.783 bits per heavy atom. The van der Waals surface area contributed by atoms with Gasteiger partial charge >= 0.3 is 11.9 Å². The summed E-state index contributed by atoms with van der Waals surface area (Å²) >= 11 is 7.73. The highest BCUT2D eigenvalue weighted by molar-refractivity contribution is 7.99. The number of hydrogen-bond acceptors (Lipinski definition) is 4. The Kier molecular flexibility index (Phi) is 3.36. The number of esters is 2. The molecule has 0 amide bonds. The van der Waals surface area contributed by atoms with Gasteiger partial charge in [0.05, 0.1) is 16.1 Å². The van der Waals surface area contributed by atoms with Gasteiger partial charge < -0.3 is 4.74 Å². The molecule has 0 saturated carbocycles. The van der Waals surface area contributed by atoms with Crippen LogP contribution in [0.2, 0.25) is 5.02 Å². The molecule has 0 bridgehead atoms. The minimum absolute atomic E-state index is 0.415. The Labute approximate surface area is 141 Å². The number of ether oxygens (including phenoxy) is 1. The van der Waals surface area contributed by atoms with Gasteiger partial charge in [0.25, 0.3) is 0 Å². The highest BCUT2D eigenvalue weighted by Gasteiger charge is 2.27. The summed E-state index contributed by atoms with van der Waals surface area (Å²) in [7, 11) is 0. The lowest BCUT2D eigenvalue weighted by atomic mass is 9.97. The molecule has 0 radical (unpaired) electrons. The van der Waals surface area contributed by atoms with Crippen molar-refractivity contribution in [2.24, 2.45) is 0 Å². The third-order valence-corrected chi connectivity index (χ3v) is 5.28. The van der Waals surface area contributed by atoms with Crippen molar-refractivity contribution in [1.82, 2.24) is 0 Å². The third kappa shape index (κ3) is 2.31. The maximum atomic E-state index is 11.9. The van der Waals surface area contributed by atoms with Crippen molar-refractivity contribution < 1.29 is 14.3 Å². The zero-order chi connectivity index (χ0) is 16.0. The topological polar surface area (TPSA) is 43.4 Å². The molecule has 0 unspecified atom stereocenters. The average molecular weight is 341 g/mol. The second-order valence-electron chi connectivity index (χ2n) is 5.05. The van der Waals surface area contributed by atoms with E-state index in [0.29, 0.717) is 21.5 Å². The maximum Gasteiger partial charge on any atom is 0.346 e. The number of carbonyl (C=O) groups is 2. The van der Waals surface area contributed by atoms with Crippen LogP contribution in [0.5, 0.6) is 0 Å². The molecule has 3 nitrogen and oxygen atoms in total. The van der Waals surface area contributed by atoms with Crippen molar-refractivity contribution >= 4 is 46.1 Å². The molecule has 1 aliphatic heterocycles. The molecule has 0 atom stereocenters. The first-order valence-corrected chi connectivity index (χ1v) is 8.09. The maximum absolute atomic E-state index is 11.9. The van der Waals surface area contributed by atoms with E-state index in [4.69, 9.17) is 16.3 Å². The van der Waals surface area contributed by atoms with Crippen LogP contribution >= 0.6 is 23.4 Å². The van der Waals surface area contributed by atoms with E-state index in [2.05, 4.69) is 0 Å². The number of benzene rings is 3. The molecule has 0 fully saturated rings. The van der Waals surface area contributed by atoms with Crippen LogP contribution in [-0.2, 0) is 4.74 Å². The highest BCUT2D eigenvalue weighted by atomic mass is 35.5. The summed E-state index contributed by atoms with van der Waals surface area (Å²) < 4.78 is 4.77. The number of cyclic esters (lactones) is 2.